The molecule has 0 saturated carbocycles. The van der Waals surface area contributed by atoms with Crippen molar-refractivity contribution in [1.29, 1.82) is 0 Å². The summed E-state index contributed by atoms with van der Waals surface area (Å²) >= 11 is 0. The fourth-order valence-corrected chi connectivity index (χ4v) is 2.87. The van der Waals surface area contributed by atoms with Gasteiger partial charge in [0.2, 0.25) is 12.3 Å². The molecule has 2 amide bonds. The highest BCUT2D eigenvalue weighted by atomic mass is 16.5. The molecule has 1 aliphatic rings. The van der Waals surface area contributed by atoms with Gasteiger partial charge < -0.3 is 25.6 Å². The van der Waals surface area contributed by atoms with Crippen LogP contribution in [0.4, 0.5) is 5.69 Å². The summed E-state index contributed by atoms with van der Waals surface area (Å²) in [6, 6.07) is 5.45. The number of rotatable bonds is 6. The molecule has 8 heteroatoms. The molecule has 0 bridgehead atoms. The van der Waals surface area contributed by atoms with Crippen LogP contribution in [0.25, 0.3) is 0 Å². The van der Waals surface area contributed by atoms with E-state index in [0.29, 0.717) is 56.7 Å². The number of benzene rings is 1. The molecule has 0 spiro atoms. The van der Waals surface area contributed by atoms with Crippen LogP contribution in [0.3, 0.4) is 0 Å². The Kier molecular flexibility index (Phi) is 7.64. The molecule has 1 aromatic carbocycles. The normalized spacial score (nSPS) is 13.4. The molecule has 1 aromatic rings. The van der Waals surface area contributed by atoms with Crippen molar-refractivity contribution in [3.8, 4) is 11.8 Å². The number of carbonyl (C=O) groups is 3. The molecule has 2 rings (SSSR count). The molecule has 8 nitrogen and oxygen atoms in total. The Morgan fingerprint density at radius 1 is 1.30 bits per heavy atom. The zero-order valence-corrected chi connectivity index (χ0v) is 15.4. The highest BCUT2D eigenvalue weighted by Crippen LogP contribution is 2.22. The quantitative estimate of drug-likeness (QED) is 0.304. The number of esters is 1. The van der Waals surface area contributed by atoms with Crippen LogP contribution in [0.1, 0.15) is 22.3 Å². The average Bonchev–Trinajstić information content (AvgIpc) is 2.71. The van der Waals surface area contributed by atoms with E-state index in [9.17, 15) is 14.4 Å². The third-order valence-corrected chi connectivity index (χ3v) is 4.30. The number of nitrogens with zero attached hydrogens (tertiary/aromatic N) is 2. The minimum atomic E-state index is -0.449. The molecule has 1 aliphatic heterocycles. The third-order valence-electron chi connectivity index (χ3n) is 4.30. The highest BCUT2D eigenvalue weighted by Gasteiger charge is 2.22. The number of methoxy groups -OCH3 is 1. The molecule has 0 aromatic heterocycles. The van der Waals surface area contributed by atoms with Crippen molar-refractivity contribution in [3.05, 3.63) is 29.3 Å². The van der Waals surface area contributed by atoms with Crippen LogP contribution in [0, 0.1) is 11.8 Å². The molecule has 1 heterocycles. The van der Waals surface area contributed by atoms with Gasteiger partial charge in [-0.2, -0.15) is 0 Å². The molecule has 0 atom stereocenters. The number of ether oxygens (including phenoxy) is 1. The number of carbonyl (C=O) groups excluding carboxylic acids is 3. The van der Waals surface area contributed by atoms with Gasteiger partial charge in [0.05, 0.1) is 19.2 Å². The lowest BCUT2D eigenvalue weighted by Crippen LogP contribution is -2.49. The number of amides is 2. The van der Waals surface area contributed by atoms with Gasteiger partial charge in [-0.1, -0.05) is 11.8 Å². The maximum atomic E-state index is 12.1. The van der Waals surface area contributed by atoms with E-state index >= 15 is 0 Å². The molecule has 3 N–H and O–H groups in total. The molecule has 144 valence electrons. The fraction of sp³-hybridized carbons (Fsp3) is 0.421. The van der Waals surface area contributed by atoms with Crippen LogP contribution in [0.2, 0.25) is 0 Å². The van der Waals surface area contributed by atoms with Crippen LogP contribution < -0.4 is 16.0 Å². The topological polar surface area (TPSA) is 105 Å². The third kappa shape index (κ3) is 5.46. The zero-order valence-electron chi connectivity index (χ0n) is 15.4. The largest absolute Gasteiger partial charge is 0.465 e. The second-order valence-corrected chi connectivity index (χ2v) is 5.92. The number of nitrogens with two attached hydrogens (primary N) is 1. The van der Waals surface area contributed by atoms with Gasteiger partial charge in [0.1, 0.15) is 0 Å². The van der Waals surface area contributed by atoms with Gasteiger partial charge >= 0.3 is 5.97 Å². The summed E-state index contributed by atoms with van der Waals surface area (Å²) in [5.74, 6) is 5.20. The maximum absolute atomic E-state index is 12.1. The second-order valence-electron chi connectivity index (χ2n) is 5.92. The van der Waals surface area contributed by atoms with E-state index in [4.69, 9.17) is 10.5 Å². The zero-order chi connectivity index (χ0) is 19.6. The first-order chi connectivity index (χ1) is 13.1. The first-order valence-corrected chi connectivity index (χ1v) is 8.71. The molecule has 0 radical (unpaired) electrons. The molecular weight excluding hydrogens is 348 g/mol. The van der Waals surface area contributed by atoms with Crippen molar-refractivity contribution in [2.75, 3.05) is 51.3 Å². The van der Waals surface area contributed by atoms with Crippen LogP contribution in [0.15, 0.2) is 18.2 Å². The van der Waals surface area contributed by atoms with Gasteiger partial charge in [-0.25, -0.2) is 4.79 Å². The Morgan fingerprint density at radius 3 is 2.67 bits per heavy atom. The van der Waals surface area contributed by atoms with Crippen molar-refractivity contribution >= 4 is 24.0 Å². The lowest BCUT2D eigenvalue weighted by molar-refractivity contribution is -0.131. The van der Waals surface area contributed by atoms with Crippen molar-refractivity contribution < 1.29 is 19.1 Å². The monoisotopic (exact) mass is 372 g/mol. The van der Waals surface area contributed by atoms with E-state index in [0.717, 1.165) is 5.69 Å². The van der Waals surface area contributed by atoms with Gasteiger partial charge in [-0.3, -0.25) is 9.59 Å². The predicted molar refractivity (Wildman–Crippen MR) is 101 cm³/mol. The Bertz CT molecular complexity index is 746. The predicted octanol–water partition coefficient (Wildman–Crippen LogP) is -0.432. The first kappa shape index (κ1) is 20.3. The van der Waals surface area contributed by atoms with E-state index in [1.807, 2.05) is 6.07 Å². The average molecular weight is 372 g/mol. The molecule has 1 saturated heterocycles. The number of anilines is 1. The molecule has 0 aliphatic carbocycles. The van der Waals surface area contributed by atoms with Crippen LogP contribution in [0.5, 0.6) is 0 Å². The van der Waals surface area contributed by atoms with Crippen molar-refractivity contribution in [3.63, 3.8) is 0 Å². The summed E-state index contributed by atoms with van der Waals surface area (Å²) in [4.78, 5) is 38.3. The van der Waals surface area contributed by atoms with Gasteiger partial charge in [0.25, 0.3) is 0 Å². The van der Waals surface area contributed by atoms with Crippen molar-refractivity contribution in [2.45, 2.75) is 6.42 Å². The van der Waals surface area contributed by atoms with Crippen LogP contribution in [-0.4, -0.2) is 69.6 Å². The molecule has 1 fully saturated rings. The standard InChI is InChI=1S/C19H24N4O4/c1-27-19(26)17-13-16(5-4-15(17)3-2-7-20)22-9-11-23(12-10-22)18(25)6-8-21-14-24/h4-5,13-14H,6-12,20H2,1H3,(H,21,24). The van der Waals surface area contributed by atoms with Gasteiger partial charge in [0.15, 0.2) is 0 Å². The number of piperazine rings is 1. The van der Waals surface area contributed by atoms with Gasteiger partial charge in [-0.05, 0) is 18.2 Å². The van der Waals surface area contributed by atoms with Gasteiger partial charge in [-0.15, -0.1) is 0 Å². The summed E-state index contributed by atoms with van der Waals surface area (Å²) < 4.78 is 4.85. The minimum Gasteiger partial charge on any atom is -0.465 e. The summed E-state index contributed by atoms with van der Waals surface area (Å²) in [7, 11) is 1.33. The Morgan fingerprint density at radius 2 is 2.04 bits per heavy atom. The number of hydrogen-bond acceptors (Lipinski definition) is 6. The molecular formula is C19H24N4O4. The smallest absolute Gasteiger partial charge is 0.339 e. The summed E-state index contributed by atoms with van der Waals surface area (Å²) in [5.41, 5.74) is 7.26. The Balaban J connectivity index is 2.06. The molecule has 0 unspecified atom stereocenters. The van der Waals surface area contributed by atoms with Crippen LogP contribution in [-0.2, 0) is 14.3 Å². The molecule has 27 heavy (non-hydrogen) atoms. The van der Waals surface area contributed by atoms with Gasteiger partial charge in [0, 0.05) is 50.4 Å². The van der Waals surface area contributed by atoms with E-state index in [1.165, 1.54) is 7.11 Å². The summed E-state index contributed by atoms with van der Waals surface area (Å²) in [5, 5.41) is 2.49. The van der Waals surface area contributed by atoms with Crippen molar-refractivity contribution in [2.24, 2.45) is 5.73 Å². The second kappa shape index (κ2) is 10.2. The lowest BCUT2D eigenvalue weighted by Gasteiger charge is -2.36. The first-order valence-electron chi connectivity index (χ1n) is 8.71. The SMILES string of the molecule is COC(=O)c1cc(N2CCN(C(=O)CCNC=O)CC2)ccc1C#CCN. The summed E-state index contributed by atoms with van der Waals surface area (Å²) in [6.45, 7) is 3.03. The summed E-state index contributed by atoms with van der Waals surface area (Å²) in [6.07, 6.45) is 0.880. The minimum absolute atomic E-state index is 0.0201. The Labute approximate surface area is 158 Å². The fourth-order valence-electron chi connectivity index (χ4n) is 2.87. The lowest BCUT2D eigenvalue weighted by atomic mass is 10.1. The maximum Gasteiger partial charge on any atom is 0.339 e. The Hall–Kier alpha value is -3.05. The number of nitrogens with one attached hydrogen (secondary N) is 1. The van der Waals surface area contributed by atoms with E-state index in [2.05, 4.69) is 22.1 Å². The van der Waals surface area contributed by atoms with Crippen LogP contribution >= 0.6 is 0 Å². The van der Waals surface area contributed by atoms with E-state index < -0.39 is 5.97 Å². The van der Waals surface area contributed by atoms with Crippen molar-refractivity contribution in [1.82, 2.24) is 10.2 Å². The van der Waals surface area contributed by atoms with E-state index in [1.54, 1.807) is 17.0 Å². The highest BCUT2D eigenvalue weighted by molar-refractivity contribution is 5.93. The van der Waals surface area contributed by atoms with E-state index in [-0.39, 0.29) is 12.5 Å². The number of hydrogen-bond donors (Lipinski definition) is 2.